The van der Waals surface area contributed by atoms with Crippen LogP contribution in [0, 0.1) is 12.7 Å². The third kappa shape index (κ3) is 3.80. The van der Waals surface area contributed by atoms with Crippen molar-refractivity contribution in [2.45, 2.75) is 25.8 Å². The van der Waals surface area contributed by atoms with Gasteiger partial charge in [0.05, 0.1) is 12.2 Å². The summed E-state index contributed by atoms with van der Waals surface area (Å²) in [6, 6.07) is 13.8. The summed E-state index contributed by atoms with van der Waals surface area (Å²) in [5.74, 6) is -0.272. The molecule has 2 aliphatic heterocycles. The second-order valence-electron chi connectivity index (χ2n) is 8.24. The third-order valence-corrected chi connectivity index (χ3v) is 6.09. The van der Waals surface area contributed by atoms with Crippen molar-refractivity contribution in [1.82, 2.24) is 4.90 Å². The van der Waals surface area contributed by atoms with Gasteiger partial charge < -0.3 is 19.2 Å². The quantitative estimate of drug-likeness (QED) is 0.358. The van der Waals surface area contributed by atoms with Crippen molar-refractivity contribution in [2.24, 2.45) is 0 Å². The maximum atomic E-state index is 13.2. The zero-order chi connectivity index (χ0) is 23.1. The van der Waals surface area contributed by atoms with Crippen molar-refractivity contribution < 1.29 is 28.2 Å². The number of Topliss-reactive ketones (excluding diaryl/α,β-unsaturated/α-hetero) is 1. The maximum Gasteiger partial charge on any atom is 0.295 e. The van der Waals surface area contributed by atoms with Crippen LogP contribution in [0.1, 0.15) is 34.3 Å². The molecule has 5 rings (SSSR count). The van der Waals surface area contributed by atoms with Crippen LogP contribution in [-0.4, -0.2) is 34.8 Å². The predicted molar refractivity (Wildman–Crippen MR) is 118 cm³/mol. The standard InChI is InChI=1S/C26H22FNO5/c1-15-2-8-21(33-15)23-22(24(29)18-5-9-20-17(14-18)11-13-32-20)25(30)26(31)28(23)12-10-16-3-6-19(27)7-4-16/h2-9,14,23,29H,10-13H2,1H3/b24-22-. The first kappa shape index (κ1) is 21.0. The van der Waals surface area contributed by atoms with E-state index in [-0.39, 0.29) is 23.7 Å². The van der Waals surface area contributed by atoms with Crippen molar-refractivity contribution in [3.63, 3.8) is 0 Å². The van der Waals surface area contributed by atoms with E-state index >= 15 is 0 Å². The first-order valence-corrected chi connectivity index (χ1v) is 10.8. The van der Waals surface area contributed by atoms with E-state index in [1.165, 1.54) is 17.0 Å². The molecule has 1 amide bonds. The van der Waals surface area contributed by atoms with Gasteiger partial charge in [-0.2, -0.15) is 0 Å². The molecule has 1 atom stereocenters. The molecule has 1 saturated heterocycles. The van der Waals surface area contributed by atoms with E-state index in [1.54, 1.807) is 49.4 Å². The Labute approximate surface area is 189 Å². The molecule has 168 valence electrons. The van der Waals surface area contributed by atoms with E-state index in [9.17, 15) is 19.1 Å². The average molecular weight is 447 g/mol. The Bertz CT molecular complexity index is 1270. The summed E-state index contributed by atoms with van der Waals surface area (Å²) in [4.78, 5) is 27.5. The SMILES string of the molecule is Cc1ccc(C2/C(=C(/O)c3ccc4c(c3)CCO4)C(=O)C(=O)N2CCc2ccc(F)cc2)o1. The Morgan fingerprint density at radius 1 is 1.12 bits per heavy atom. The number of aliphatic hydroxyl groups excluding tert-OH is 1. The van der Waals surface area contributed by atoms with Gasteiger partial charge in [0, 0.05) is 18.5 Å². The lowest BCUT2D eigenvalue weighted by atomic mass is 9.98. The van der Waals surface area contributed by atoms with Crippen LogP contribution in [0.2, 0.25) is 0 Å². The number of aliphatic hydroxyl groups is 1. The summed E-state index contributed by atoms with van der Waals surface area (Å²) < 4.78 is 24.6. The minimum absolute atomic E-state index is 0.00711. The van der Waals surface area contributed by atoms with Gasteiger partial charge in [0.15, 0.2) is 0 Å². The number of ketones is 1. The van der Waals surface area contributed by atoms with Gasteiger partial charge in [-0.25, -0.2) is 4.39 Å². The third-order valence-electron chi connectivity index (χ3n) is 6.09. The number of furan rings is 1. The maximum absolute atomic E-state index is 13.2. The second kappa shape index (κ2) is 8.24. The first-order valence-electron chi connectivity index (χ1n) is 10.8. The van der Waals surface area contributed by atoms with Gasteiger partial charge in [-0.3, -0.25) is 9.59 Å². The molecule has 1 fully saturated rings. The van der Waals surface area contributed by atoms with Gasteiger partial charge in [-0.15, -0.1) is 0 Å². The highest BCUT2D eigenvalue weighted by atomic mass is 19.1. The van der Waals surface area contributed by atoms with Gasteiger partial charge in [0.2, 0.25) is 0 Å². The van der Waals surface area contributed by atoms with Gasteiger partial charge in [0.25, 0.3) is 11.7 Å². The number of hydrogen-bond acceptors (Lipinski definition) is 5. The summed E-state index contributed by atoms with van der Waals surface area (Å²) >= 11 is 0. The number of rotatable bonds is 5. The smallest absolute Gasteiger partial charge is 0.295 e. The number of carbonyl (C=O) groups excluding carboxylic acids is 2. The van der Waals surface area contributed by atoms with Crippen LogP contribution in [0.25, 0.3) is 5.76 Å². The molecule has 2 aromatic carbocycles. The van der Waals surface area contributed by atoms with Crippen LogP contribution in [0.15, 0.2) is 64.6 Å². The molecule has 3 heterocycles. The lowest BCUT2D eigenvalue weighted by Crippen LogP contribution is -2.31. The molecule has 0 spiro atoms. The number of carbonyl (C=O) groups is 2. The van der Waals surface area contributed by atoms with E-state index in [1.807, 2.05) is 0 Å². The number of aryl methyl sites for hydroxylation is 1. The largest absolute Gasteiger partial charge is 0.507 e. The fourth-order valence-corrected chi connectivity index (χ4v) is 4.40. The van der Waals surface area contributed by atoms with E-state index in [0.717, 1.165) is 16.9 Å². The molecule has 1 N–H and O–H groups in total. The van der Waals surface area contributed by atoms with Crippen LogP contribution in [0.5, 0.6) is 5.75 Å². The van der Waals surface area contributed by atoms with Crippen LogP contribution >= 0.6 is 0 Å². The van der Waals surface area contributed by atoms with Gasteiger partial charge in [-0.1, -0.05) is 12.1 Å². The Balaban J connectivity index is 1.54. The van der Waals surface area contributed by atoms with E-state index in [2.05, 4.69) is 0 Å². The summed E-state index contributed by atoms with van der Waals surface area (Å²) in [6.45, 7) is 2.54. The number of halogens is 1. The van der Waals surface area contributed by atoms with E-state index in [4.69, 9.17) is 9.15 Å². The number of likely N-dealkylation sites (tertiary alicyclic amines) is 1. The molecule has 1 aromatic heterocycles. The normalized spacial score (nSPS) is 19.1. The van der Waals surface area contributed by atoms with Crippen LogP contribution in [-0.2, 0) is 22.4 Å². The van der Waals surface area contributed by atoms with Crippen molar-refractivity contribution in [2.75, 3.05) is 13.2 Å². The summed E-state index contributed by atoms with van der Waals surface area (Å²) in [7, 11) is 0. The number of hydrogen-bond donors (Lipinski definition) is 1. The molecule has 0 bridgehead atoms. The molecule has 2 aliphatic rings. The molecular weight excluding hydrogens is 425 g/mol. The predicted octanol–water partition coefficient (Wildman–Crippen LogP) is 4.33. The van der Waals surface area contributed by atoms with Crippen molar-refractivity contribution in [3.05, 3.63) is 94.2 Å². The van der Waals surface area contributed by atoms with Crippen LogP contribution in [0.4, 0.5) is 4.39 Å². The van der Waals surface area contributed by atoms with Gasteiger partial charge in [0.1, 0.15) is 34.9 Å². The molecule has 0 aliphatic carbocycles. The minimum atomic E-state index is -0.858. The Morgan fingerprint density at radius 3 is 2.64 bits per heavy atom. The van der Waals surface area contributed by atoms with E-state index < -0.39 is 17.7 Å². The fraction of sp³-hybridized carbons (Fsp3) is 0.231. The number of amides is 1. The Kier molecular flexibility index (Phi) is 5.24. The first-order chi connectivity index (χ1) is 15.9. The van der Waals surface area contributed by atoms with Crippen molar-refractivity contribution in [1.29, 1.82) is 0 Å². The molecular formula is C26H22FNO5. The zero-order valence-corrected chi connectivity index (χ0v) is 18.0. The number of benzene rings is 2. The van der Waals surface area contributed by atoms with Gasteiger partial charge >= 0.3 is 0 Å². The number of fused-ring (bicyclic) bond motifs is 1. The second-order valence-corrected chi connectivity index (χ2v) is 8.24. The van der Waals surface area contributed by atoms with Gasteiger partial charge in [-0.05, 0) is 66.9 Å². The Hall–Kier alpha value is -3.87. The molecule has 7 heteroatoms. The Morgan fingerprint density at radius 2 is 1.91 bits per heavy atom. The molecule has 3 aromatic rings. The average Bonchev–Trinajstić information content (AvgIpc) is 3.51. The fourth-order valence-electron chi connectivity index (χ4n) is 4.40. The topological polar surface area (TPSA) is 80.0 Å². The lowest BCUT2D eigenvalue weighted by Gasteiger charge is -2.23. The summed E-state index contributed by atoms with van der Waals surface area (Å²) in [5.41, 5.74) is 2.21. The highest BCUT2D eigenvalue weighted by molar-refractivity contribution is 6.46. The molecule has 33 heavy (non-hydrogen) atoms. The van der Waals surface area contributed by atoms with Crippen LogP contribution < -0.4 is 4.74 Å². The van der Waals surface area contributed by atoms with E-state index in [0.29, 0.717) is 36.5 Å². The highest BCUT2D eigenvalue weighted by Crippen LogP contribution is 2.40. The minimum Gasteiger partial charge on any atom is -0.507 e. The monoisotopic (exact) mass is 447 g/mol. The van der Waals surface area contributed by atoms with Crippen LogP contribution in [0.3, 0.4) is 0 Å². The summed E-state index contributed by atoms with van der Waals surface area (Å²) in [6.07, 6.45) is 1.13. The highest BCUT2D eigenvalue weighted by Gasteiger charge is 2.47. The van der Waals surface area contributed by atoms with Crippen molar-refractivity contribution in [3.8, 4) is 5.75 Å². The zero-order valence-electron chi connectivity index (χ0n) is 18.0. The number of ether oxygens (including phenoxy) is 1. The lowest BCUT2D eigenvalue weighted by molar-refractivity contribution is -0.140. The molecule has 0 radical (unpaired) electrons. The molecule has 0 saturated carbocycles. The number of nitrogens with zero attached hydrogens (tertiary/aromatic N) is 1. The summed E-state index contributed by atoms with van der Waals surface area (Å²) in [5, 5.41) is 11.2. The van der Waals surface area contributed by atoms with Crippen molar-refractivity contribution >= 4 is 17.4 Å². The molecule has 1 unspecified atom stereocenters. The molecule has 6 nitrogen and oxygen atoms in total.